The minimum atomic E-state index is -0.509. The predicted octanol–water partition coefficient (Wildman–Crippen LogP) is 4.03. The molecule has 0 radical (unpaired) electrons. The number of carbonyl (C=O) groups excluding carboxylic acids is 2. The molecule has 21 heavy (non-hydrogen) atoms. The second-order valence-electron chi connectivity index (χ2n) is 4.15. The van der Waals surface area contributed by atoms with E-state index in [1.165, 1.54) is 31.4 Å². The van der Waals surface area contributed by atoms with Gasteiger partial charge >= 0.3 is 5.97 Å². The summed E-state index contributed by atoms with van der Waals surface area (Å²) in [6.07, 6.45) is 0. The fourth-order valence-electron chi connectivity index (χ4n) is 1.69. The molecule has 0 aliphatic heterocycles. The van der Waals surface area contributed by atoms with Crippen LogP contribution in [0.15, 0.2) is 42.5 Å². The van der Waals surface area contributed by atoms with E-state index in [0.717, 1.165) is 0 Å². The van der Waals surface area contributed by atoms with Crippen molar-refractivity contribution >= 4 is 40.8 Å². The molecule has 4 nitrogen and oxygen atoms in total. The molecule has 2 rings (SSSR count). The summed E-state index contributed by atoms with van der Waals surface area (Å²) in [6, 6.07) is 11.0. The number of carbonyl (C=O) groups is 2. The third-order valence-electron chi connectivity index (χ3n) is 2.72. The van der Waals surface area contributed by atoms with Crippen LogP contribution in [0.1, 0.15) is 20.7 Å². The quantitative estimate of drug-likeness (QED) is 0.867. The molecule has 0 aliphatic carbocycles. The Hall–Kier alpha value is -2.04. The first kappa shape index (κ1) is 15.4. The van der Waals surface area contributed by atoms with Crippen LogP contribution in [0.4, 0.5) is 5.69 Å². The number of ether oxygens (including phenoxy) is 1. The number of hydrogen-bond acceptors (Lipinski definition) is 3. The summed E-state index contributed by atoms with van der Waals surface area (Å²) in [4.78, 5) is 23.6. The molecule has 0 spiro atoms. The number of nitrogens with one attached hydrogen (secondary N) is 1. The number of halogens is 2. The molecule has 0 atom stereocenters. The Kier molecular flexibility index (Phi) is 4.83. The fraction of sp³-hybridized carbons (Fsp3) is 0.0667. The number of hydrogen-bond donors (Lipinski definition) is 1. The topological polar surface area (TPSA) is 55.4 Å². The van der Waals surface area contributed by atoms with Crippen molar-refractivity contribution in [3.05, 3.63) is 63.6 Å². The van der Waals surface area contributed by atoms with Crippen molar-refractivity contribution in [2.75, 3.05) is 12.4 Å². The highest BCUT2D eigenvalue weighted by atomic mass is 35.5. The molecular formula is C15H11Cl2NO3. The molecule has 0 fully saturated rings. The molecule has 2 aromatic carbocycles. The Morgan fingerprint density at radius 2 is 1.81 bits per heavy atom. The third kappa shape index (κ3) is 3.74. The minimum absolute atomic E-state index is 0.295. The summed E-state index contributed by atoms with van der Waals surface area (Å²) in [5.74, 6) is -0.883. The van der Waals surface area contributed by atoms with Crippen LogP contribution < -0.4 is 5.32 Å². The van der Waals surface area contributed by atoms with Crippen LogP contribution in [0.5, 0.6) is 0 Å². The fourth-order valence-corrected chi connectivity index (χ4v) is 2.05. The Balaban J connectivity index is 2.26. The third-order valence-corrected chi connectivity index (χ3v) is 3.29. The van der Waals surface area contributed by atoms with Gasteiger partial charge in [0.2, 0.25) is 0 Å². The lowest BCUT2D eigenvalue weighted by Crippen LogP contribution is -2.13. The van der Waals surface area contributed by atoms with Gasteiger partial charge in [-0.25, -0.2) is 4.79 Å². The van der Waals surface area contributed by atoms with E-state index >= 15 is 0 Å². The van der Waals surface area contributed by atoms with E-state index in [4.69, 9.17) is 23.2 Å². The molecule has 0 aromatic heterocycles. The second-order valence-corrected chi connectivity index (χ2v) is 4.99. The summed E-state index contributed by atoms with van der Waals surface area (Å²) in [6.45, 7) is 0. The Labute approximate surface area is 131 Å². The van der Waals surface area contributed by atoms with E-state index in [9.17, 15) is 9.59 Å². The van der Waals surface area contributed by atoms with Gasteiger partial charge in [0.25, 0.3) is 5.91 Å². The van der Waals surface area contributed by atoms with E-state index in [1.807, 2.05) is 0 Å². The molecule has 108 valence electrons. The first-order valence-corrected chi connectivity index (χ1v) is 6.71. The van der Waals surface area contributed by atoms with Crippen molar-refractivity contribution in [2.24, 2.45) is 0 Å². The molecule has 0 unspecified atom stereocenters. The second kappa shape index (κ2) is 6.61. The van der Waals surface area contributed by atoms with Crippen molar-refractivity contribution in [1.29, 1.82) is 0 Å². The standard InChI is InChI=1S/C15H11Cl2NO3/c1-21-15(20)10-5-6-12(17)13(8-10)18-14(19)9-3-2-4-11(16)7-9/h2-8H,1H3,(H,18,19). The van der Waals surface area contributed by atoms with Gasteiger partial charge in [-0.3, -0.25) is 4.79 Å². The van der Waals surface area contributed by atoms with Crippen LogP contribution in [0.25, 0.3) is 0 Å². The Bertz CT molecular complexity index is 701. The summed E-state index contributed by atoms with van der Waals surface area (Å²) >= 11 is 11.9. The number of anilines is 1. The lowest BCUT2D eigenvalue weighted by Gasteiger charge is -2.09. The monoisotopic (exact) mass is 323 g/mol. The van der Waals surface area contributed by atoms with E-state index in [1.54, 1.807) is 18.2 Å². The molecular weight excluding hydrogens is 313 g/mol. The minimum Gasteiger partial charge on any atom is -0.465 e. The van der Waals surface area contributed by atoms with E-state index in [-0.39, 0.29) is 5.91 Å². The molecule has 0 aliphatic rings. The van der Waals surface area contributed by atoms with Crippen LogP contribution in [0.3, 0.4) is 0 Å². The zero-order chi connectivity index (χ0) is 15.4. The van der Waals surface area contributed by atoms with Gasteiger partial charge in [-0.2, -0.15) is 0 Å². The normalized spacial score (nSPS) is 10.0. The van der Waals surface area contributed by atoms with Crippen molar-refractivity contribution in [3.8, 4) is 0 Å². The summed E-state index contributed by atoms with van der Waals surface area (Å²) in [5, 5.41) is 3.41. The van der Waals surface area contributed by atoms with Gasteiger partial charge < -0.3 is 10.1 Å². The highest BCUT2D eigenvalue weighted by Crippen LogP contribution is 2.24. The van der Waals surface area contributed by atoms with Crippen molar-refractivity contribution in [2.45, 2.75) is 0 Å². The lowest BCUT2D eigenvalue weighted by molar-refractivity contribution is 0.0600. The predicted molar refractivity (Wildman–Crippen MR) is 82.2 cm³/mol. The van der Waals surface area contributed by atoms with Gasteiger partial charge in [0.15, 0.2) is 0 Å². The molecule has 1 amide bonds. The maximum absolute atomic E-state index is 12.1. The highest BCUT2D eigenvalue weighted by Gasteiger charge is 2.12. The first-order chi connectivity index (χ1) is 10.0. The zero-order valence-electron chi connectivity index (χ0n) is 11.0. The van der Waals surface area contributed by atoms with E-state index in [0.29, 0.717) is 26.9 Å². The van der Waals surface area contributed by atoms with E-state index in [2.05, 4.69) is 10.1 Å². The average molecular weight is 324 g/mol. The molecule has 0 saturated carbocycles. The van der Waals surface area contributed by atoms with Gasteiger partial charge in [-0.1, -0.05) is 29.3 Å². The van der Waals surface area contributed by atoms with Crippen LogP contribution >= 0.6 is 23.2 Å². The number of amides is 1. The number of benzene rings is 2. The van der Waals surface area contributed by atoms with Gasteiger partial charge in [-0.05, 0) is 36.4 Å². The molecule has 0 bridgehead atoms. The number of methoxy groups -OCH3 is 1. The average Bonchev–Trinajstić information content (AvgIpc) is 2.48. The van der Waals surface area contributed by atoms with Crippen molar-refractivity contribution in [1.82, 2.24) is 0 Å². The van der Waals surface area contributed by atoms with Gasteiger partial charge in [0, 0.05) is 10.6 Å². The summed E-state index contributed by atoms with van der Waals surface area (Å²) in [7, 11) is 1.28. The Morgan fingerprint density at radius 3 is 2.48 bits per heavy atom. The molecule has 6 heteroatoms. The largest absolute Gasteiger partial charge is 0.465 e. The van der Waals surface area contributed by atoms with Crippen LogP contribution in [-0.2, 0) is 4.74 Å². The van der Waals surface area contributed by atoms with Gasteiger partial charge in [0.05, 0.1) is 23.4 Å². The highest BCUT2D eigenvalue weighted by molar-refractivity contribution is 6.34. The van der Waals surface area contributed by atoms with Crippen LogP contribution in [-0.4, -0.2) is 19.0 Å². The number of rotatable bonds is 3. The molecule has 2 aromatic rings. The SMILES string of the molecule is COC(=O)c1ccc(Cl)c(NC(=O)c2cccc(Cl)c2)c1. The maximum atomic E-state index is 12.1. The molecule has 0 saturated heterocycles. The summed E-state index contributed by atoms with van der Waals surface area (Å²) in [5.41, 5.74) is 1.01. The van der Waals surface area contributed by atoms with Crippen LogP contribution in [0, 0.1) is 0 Å². The molecule has 0 heterocycles. The molecule has 1 N–H and O–H groups in total. The number of esters is 1. The van der Waals surface area contributed by atoms with Gasteiger partial charge in [0.1, 0.15) is 0 Å². The first-order valence-electron chi connectivity index (χ1n) is 5.96. The maximum Gasteiger partial charge on any atom is 0.337 e. The van der Waals surface area contributed by atoms with E-state index < -0.39 is 5.97 Å². The smallest absolute Gasteiger partial charge is 0.337 e. The van der Waals surface area contributed by atoms with Crippen molar-refractivity contribution < 1.29 is 14.3 Å². The zero-order valence-corrected chi connectivity index (χ0v) is 12.5. The van der Waals surface area contributed by atoms with Gasteiger partial charge in [-0.15, -0.1) is 0 Å². The summed E-state index contributed by atoms with van der Waals surface area (Å²) < 4.78 is 4.62. The van der Waals surface area contributed by atoms with Crippen LogP contribution in [0.2, 0.25) is 10.0 Å². The lowest BCUT2D eigenvalue weighted by atomic mass is 10.1. The van der Waals surface area contributed by atoms with Crippen molar-refractivity contribution in [3.63, 3.8) is 0 Å². The Morgan fingerprint density at radius 1 is 1.05 bits per heavy atom.